The van der Waals surface area contributed by atoms with Crippen molar-refractivity contribution in [2.24, 2.45) is 0 Å². The van der Waals surface area contributed by atoms with Gasteiger partial charge in [-0.3, -0.25) is 9.78 Å². The van der Waals surface area contributed by atoms with Crippen molar-refractivity contribution >= 4 is 33.2 Å². The molecule has 0 spiro atoms. The molecule has 0 radical (unpaired) electrons. The molecule has 1 aromatic carbocycles. The van der Waals surface area contributed by atoms with Crippen LogP contribution in [0.2, 0.25) is 0 Å². The minimum Gasteiger partial charge on any atom is -0.378 e. The van der Waals surface area contributed by atoms with Crippen molar-refractivity contribution in [3.63, 3.8) is 0 Å². The van der Waals surface area contributed by atoms with Gasteiger partial charge in [0.1, 0.15) is 5.69 Å². The fourth-order valence-corrected chi connectivity index (χ4v) is 2.81. The molecular weight excluding hydrogens is 358 g/mol. The first-order chi connectivity index (χ1) is 11.1. The topological polar surface area (TPSA) is 54.5 Å². The normalized spacial score (nSPS) is 14.6. The molecule has 3 rings (SSSR count). The molecule has 0 bridgehead atoms. The maximum absolute atomic E-state index is 12.4. The number of carbonyl (C=O) groups excluding carboxylic acids is 1. The van der Waals surface area contributed by atoms with Gasteiger partial charge in [-0.05, 0) is 36.8 Å². The third kappa shape index (κ3) is 3.89. The molecule has 0 saturated carbocycles. The van der Waals surface area contributed by atoms with Crippen molar-refractivity contribution in [2.75, 3.05) is 36.5 Å². The first-order valence-electron chi connectivity index (χ1n) is 7.50. The number of pyridine rings is 1. The summed E-state index contributed by atoms with van der Waals surface area (Å²) in [7, 11) is 0. The lowest BCUT2D eigenvalue weighted by molar-refractivity contribution is 0.102. The van der Waals surface area contributed by atoms with Crippen LogP contribution in [-0.4, -0.2) is 37.2 Å². The number of nitrogens with zero attached hydrogens (tertiary/aromatic N) is 2. The Morgan fingerprint density at radius 3 is 2.78 bits per heavy atom. The third-order valence-electron chi connectivity index (χ3n) is 3.78. The number of aryl methyl sites for hydroxylation is 1. The van der Waals surface area contributed by atoms with E-state index in [1.54, 1.807) is 6.20 Å². The molecule has 5 nitrogen and oxygen atoms in total. The Morgan fingerprint density at radius 2 is 2.04 bits per heavy atom. The van der Waals surface area contributed by atoms with Gasteiger partial charge in [0.2, 0.25) is 0 Å². The van der Waals surface area contributed by atoms with Gasteiger partial charge in [0, 0.05) is 35.1 Å². The van der Waals surface area contributed by atoms with Crippen molar-refractivity contribution in [3.8, 4) is 0 Å². The van der Waals surface area contributed by atoms with Gasteiger partial charge in [-0.15, -0.1) is 0 Å². The van der Waals surface area contributed by atoms with E-state index in [4.69, 9.17) is 4.74 Å². The lowest BCUT2D eigenvalue weighted by atomic mass is 10.2. The molecule has 0 atom stereocenters. The van der Waals surface area contributed by atoms with Crippen LogP contribution in [-0.2, 0) is 4.74 Å². The fraction of sp³-hybridized carbons (Fsp3) is 0.294. The second-order valence-corrected chi connectivity index (χ2v) is 6.27. The third-order valence-corrected chi connectivity index (χ3v) is 4.64. The van der Waals surface area contributed by atoms with Crippen LogP contribution in [0.15, 0.2) is 41.0 Å². The van der Waals surface area contributed by atoms with Crippen LogP contribution in [0.3, 0.4) is 0 Å². The number of aromatic nitrogens is 1. The van der Waals surface area contributed by atoms with Gasteiger partial charge in [-0.25, -0.2) is 0 Å². The van der Waals surface area contributed by atoms with Crippen LogP contribution in [0.25, 0.3) is 0 Å². The number of nitrogens with one attached hydrogen (secondary N) is 1. The number of rotatable bonds is 3. The molecule has 120 valence electrons. The number of hydrogen-bond donors (Lipinski definition) is 1. The van der Waals surface area contributed by atoms with E-state index in [0.29, 0.717) is 18.9 Å². The molecule has 23 heavy (non-hydrogen) atoms. The highest BCUT2D eigenvalue weighted by molar-refractivity contribution is 9.10. The van der Waals surface area contributed by atoms with Crippen LogP contribution in [0, 0.1) is 6.92 Å². The molecule has 1 amide bonds. The summed E-state index contributed by atoms with van der Waals surface area (Å²) in [5, 5.41) is 2.88. The van der Waals surface area contributed by atoms with Crippen molar-refractivity contribution in [1.29, 1.82) is 0 Å². The highest BCUT2D eigenvalue weighted by Crippen LogP contribution is 2.21. The van der Waals surface area contributed by atoms with Gasteiger partial charge in [-0.2, -0.15) is 0 Å². The molecule has 2 heterocycles. The zero-order valence-electron chi connectivity index (χ0n) is 12.9. The number of morpholine rings is 1. The van der Waals surface area contributed by atoms with Gasteiger partial charge in [0.05, 0.1) is 13.2 Å². The molecule has 1 aliphatic heterocycles. The van der Waals surface area contributed by atoms with E-state index < -0.39 is 0 Å². The molecule has 2 aromatic rings. The predicted octanol–water partition coefficient (Wildman–Crippen LogP) is 3.24. The quantitative estimate of drug-likeness (QED) is 0.894. The maximum atomic E-state index is 12.4. The monoisotopic (exact) mass is 375 g/mol. The van der Waals surface area contributed by atoms with Crippen LogP contribution in [0.1, 0.15) is 16.1 Å². The van der Waals surface area contributed by atoms with Gasteiger partial charge in [0.25, 0.3) is 5.91 Å². The van der Waals surface area contributed by atoms with E-state index in [9.17, 15) is 4.79 Å². The minimum atomic E-state index is -0.212. The second kappa shape index (κ2) is 7.10. The van der Waals surface area contributed by atoms with Gasteiger partial charge in [0.15, 0.2) is 0 Å². The fourth-order valence-electron chi connectivity index (χ4n) is 2.43. The molecule has 1 saturated heterocycles. The molecule has 1 fully saturated rings. The Morgan fingerprint density at radius 1 is 1.26 bits per heavy atom. The molecule has 1 N–H and O–H groups in total. The Hall–Kier alpha value is -1.92. The van der Waals surface area contributed by atoms with Crippen LogP contribution in [0.5, 0.6) is 0 Å². The van der Waals surface area contributed by atoms with E-state index >= 15 is 0 Å². The lowest BCUT2D eigenvalue weighted by Gasteiger charge is -2.28. The summed E-state index contributed by atoms with van der Waals surface area (Å²) in [5.41, 5.74) is 3.27. The molecule has 6 heteroatoms. The number of amides is 1. The summed E-state index contributed by atoms with van der Waals surface area (Å²) in [5.74, 6) is -0.212. The van der Waals surface area contributed by atoms with Gasteiger partial charge >= 0.3 is 0 Å². The minimum absolute atomic E-state index is 0.212. The summed E-state index contributed by atoms with van der Waals surface area (Å²) < 4.78 is 6.32. The van der Waals surface area contributed by atoms with Crippen molar-refractivity contribution in [1.82, 2.24) is 4.98 Å². The second-order valence-electron chi connectivity index (χ2n) is 5.42. The Labute approximate surface area is 143 Å². The van der Waals surface area contributed by atoms with E-state index in [-0.39, 0.29) is 5.91 Å². The first kappa shape index (κ1) is 16.0. The van der Waals surface area contributed by atoms with E-state index in [2.05, 4.69) is 31.1 Å². The standard InChI is InChI=1S/C17H18BrN3O2/c1-12-2-3-13(10-15(12)18)20-17(22)16-11-14(4-5-19-16)21-6-8-23-9-7-21/h2-5,10-11H,6-9H2,1H3,(H,20,22). The number of halogens is 1. The largest absolute Gasteiger partial charge is 0.378 e. The number of benzene rings is 1. The summed E-state index contributed by atoms with van der Waals surface area (Å²) in [6.45, 7) is 5.08. The number of carbonyl (C=O) groups is 1. The maximum Gasteiger partial charge on any atom is 0.274 e. The average Bonchev–Trinajstić information content (AvgIpc) is 2.59. The predicted molar refractivity (Wildman–Crippen MR) is 94.1 cm³/mol. The Bertz CT molecular complexity index is 715. The number of hydrogen-bond acceptors (Lipinski definition) is 4. The average molecular weight is 376 g/mol. The highest BCUT2D eigenvalue weighted by atomic mass is 79.9. The van der Waals surface area contributed by atoms with E-state index in [1.165, 1.54) is 0 Å². The van der Waals surface area contributed by atoms with Crippen LogP contribution in [0.4, 0.5) is 11.4 Å². The van der Waals surface area contributed by atoms with Crippen molar-refractivity contribution < 1.29 is 9.53 Å². The highest BCUT2D eigenvalue weighted by Gasteiger charge is 2.14. The molecule has 1 aliphatic rings. The summed E-state index contributed by atoms with van der Waals surface area (Å²) in [4.78, 5) is 18.8. The molecule has 1 aromatic heterocycles. The summed E-state index contributed by atoms with van der Waals surface area (Å²) in [6, 6.07) is 9.47. The van der Waals surface area contributed by atoms with E-state index in [1.807, 2.05) is 37.3 Å². The summed E-state index contributed by atoms with van der Waals surface area (Å²) in [6.07, 6.45) is 1.67. The zero-order chi connectivity index (χ0) is 16.2. The van der Waals surface area contributed by atoms with E-state index in [0.717, 1.165) is 34.5 Å². The van der Waals surface area contributed by atoms with Crippen LogP contribution < -0.4 is 10.2 Å². The molecular formula is C17H18BrN3O2. The SMILES string of the molecule is Cc1ccc(NC(=O)c2cc(N3CCOCC3)ccn2)cc1Br. The summed E-state index contributed by atoms with van der Waals surface area (Å²) >= 11 is 3.47. The smallest absolute Gasteiger partial charge is 0.274 e. The number of anilines is 2. The molecule has 0 aliphatic carbocycles. The van der Waals surface area contributed by atoms with Crippen LogP contribution >= 0.6 is 15.9 Å². The first-order valence-corrected chi connectivity index (χ1v) is 8.29. The van der Waals surface area contributed by atoms with Crippen molar-refractivity contribution in [3.05, 3.63) is 52.3 Å². The van der Waals surface area contributed by atoms with Gasteiger partial charge < -0.3 is 15.0 Å². The lowest BCUT2D eigenvalue weighted by Crippen LogP contribution is -2.36. The number of ether oxygens (including phenoxy) is 1. The van der Waals surface area contributed by atoms with Gasteiger partial charge in [-0.1, -0.05) is 22.0 Å². The molecule has 0 unspecified atom stereocenters. The Kier molecular flexibility index (Phi) is 4.93. The Balaban J connectivity index is 1.75. The van der Waals surface area contributed by atoms with Crippen molar-refractivity contribution in [2.45, 2.75) is 6.92 Å². The zero-order valence-corrected chi connectivity index (χ0v) is 14.5.